The Morgan fingerprint density at radius 1 is 1.18 bits per heavy atom. The van der Waals surface area contributed by atoms with Crippen LogP contribution in [0.3, 0.4) is 0 Å². The van der Waals surface area contributed by atoms with Crippen LogP contribution in [0.15, 0.2) is 52.8 Å². The summed E-state index contributed by atoms with van der Waals surface area (Å²) in [5, 5.41) is 21.5. The van der Waals surface area contributed by atoms with Gasteiger partial charge in [0.05, 0.1) is 43.6 Å². The fraction of sp³-hybridized carbons (Fsp3) is 0.280. The minimum atomic E-state index is -0.673. The van der Waals surface area contributed by atoms with Gasteiger partial charge >= 0.3 is 11.7 Å². The minimum Gasteiger partial charge on any atom is -0.496 e. The first kappa shape index (κ1) is 28.8. The topological polar surface area (TPSA) is 163 Å². The minimum absolute atomic E-state index is 0.0188. The molecule has 39 heavy (non-hydrogen) atoms. The van der Waals surface area contributed by atoms with Gasteiger partial charge in [-0.25, -0.2) is 10.2 Å². The van der Waals surface area contributed by atoms with Crippen LogP contribution in [-0.4, -0.2) is 55.6 Å². The number of rotatable bonds is 11. The van der Waals surface area contributed by atoms with Crippen LogP contribution in [0.4, 0.5) is 5.69 Å². The molecule has 1 amide bonds. The van der Waals surface area contributed by atoms with E-state index in [9.17, 15) is 19.7 Å². The molecule has 1 aliphatic rings. The summed E-state index contributed by atoms with van der Waals surface area (Å²) in [4.78, 5) is 35.8. The van der Waals surface area contributed by atoms with E-state index < -0.39 is 29.4 Å². The summed E-state index contributed by atoms with van der Waals surface area (Å²) >= 11 is 5.27. The summed E-state index contributed by atoms with van der Waals surface area (Å²) in [5.41, 5.74) is 3.70. The van der Waals surface area contributed by atoms with Crippen molar-refractivity contribution >= 4 is 41.1 Å². The Bertz CT molecular complexity index is 1340. The summed E-state index contributed by atoms with van der Waals surface area (Å²) in [5.74, 6) is -0.507. The molecule has 0 unspecified atom stereocenters. The molecule has 14 heteroatoms. The normalized spacial score (nSPS) is 14.8. The second kappa shape index (κ2) is 13.2. The van der Waals surface area contributed by atoms with Crippen molar-refractivity contribution in [2.75, 3.05) is 27.4 Å². The van der Waals surface area contributed by atoms with Crippen molar-refractivity contribution < 1.29 is 33.5 Å². The Morgan fingerprint density at radius 2 is 1.90 bits per heavy atom. The molecule has 0 aromatic heterocycles. The number of thiocarbonyl (C=S) groups is 1. The van der Waals surface area contributed by atoms with Crippen LogP contribution in [0.25, 0.3) is 0 Å². The van der Waals surface area contributed by atoms with E-state index in [1.165, 1.54) is 32.6 Å². The summed E-state index contributed by atoms with van der Waals surface area (Å²) in [6, 6.07) is 8.77. The van der Waals surface area contributed by atoms with Crippen LogP contribution in [0.5, 0.6) is 17.2 Å². The van der Waals surface area contributed by atoms with Gasteiger partial charge in [0.1, 0.15) is 11.5 Å². The molecule has 0 bridgehead atoms. The second-order valence-corrected chi connectivity index (χ2v) is 8.34. The van der Waals surface area contributed by atoms with Gasteiger partial charge in [0.2, 0.25) is 5.75 Å². The van der Waals surface area contributed by atoms with Crippen LogP contribution in [0.2, 0.25) is 0 Å². The molecule has 0 aliphatic carbocycles. The highest BCUT2D eigenvalue weighted by Gasteiger charge is 2.32. The summed E-state index contributed by atoms with van der Waals surface area (Å²) < 4.78 is 21.2. The molecule has 206 valence electrons. The first-order valence-corrected chi connectivity index (χ1v) is 12.0. The summed E-state index contributed by atoms with van der Waals surface area (Å²) in [6.07, 6.45) is 1.20. The number of hydrogen-bond donors (Lipinski definition) is 3. The Hall–Kier alpha value is -4.72. The SMILES string of the molecule is CCOC(=O)C1=C(C)NC(=S)N[C@@H]1c1ccccc1OCC(=O)NN=Cc1cc([N+](=O)[O-])c(OC)cc1OC. The van der Waals surface area contributed by atoms with Gasteiger partial charge in [-0.15, -0.1) is 0 Å². The number of benzene rings is 2. The smallest absolute Gasteiger partial charge is 0.338 e. The number of hydrazone groups is 1. The zero-order chi connectivity index (χ0) is 28.5. The van der Waals surface area contributed by atoms with E-state index in [1.807, 2.05) is 0 Å². The Morgan fingerprint density at radius 3 is 2.56 bits per heavy atom. The third-order valence-electron chi connectivity index (χ3n) is 5.47. The van der Waals surface area contributed by atoms with Crippen molar-refractivity contribution in [1.29, 1.82) is 0 Å². The van der Waals surface area contributed by atoms with Gasteiger partial charge < -0.3 is 29.6 Å². The molecule has 13 nitrogen and oxygen atoms in total. The molecular weight excluding hydrogens is 530 g/mol. The fourth-order valence-corrected chi connectivity index (χ4v) is 4.03. The number of carbonyl (C=O) groups excluding carboxylic acids is 2. The lowest BCUT2D eigenvalue weighted by Crippen LogP contribution is -2.45. The number of nitro groups is 1. The van der Waals surface area contributed by atoms with Crippen molar-refractivity contribution in [3.63, 3.8) is 0 Å². The number of hydrogen-bond acceptors (Lipinski definition) is 10. The van der Waals surface area contributed by atoms with Gasteiger partial charge in [-0.3, -0.25) is 14.9 Å². The van der Waals surface area contributed by atoms with E-state index in [1.54, 1.807) is 38.1 Å². The average molecular weight is 558 g/mol. The van der Waals surface area contributed by atoms with Gasteiger partial charge in [0.15, 0.2) is 11.7 Å². The molecule has 0 fully saturated rings. The number of esters is 1. The summed E-state index contributed by atoms with van der Waals surface area (Å²) in [6.45, 7) is 3.21. The van der Waals surface area contributed by atoms with E-state index in [2.05, 4.69) is 21.2 Å². The van der Waals surface area contributed by atoms with Crippen LogP contribution in [-0.2, 0) is 14.3 Å². The molecule has 2 aromatic carbocycles. The molecule has 0 saturated heterocycles. The van der Waals surface area contributed by atoms with Crippen molar-refractivity contribution in [1.82, 2.24) is 16.1 Å². The van der Waals surface area contributed by atoms with E-state index in [-0.39, 0.29) is 29.4 Å². The molecule has 3 rings (SSSR count). The molecular formula is C25H27N5O8S. The largest absolute Gasteiger partial charge is 0.496 e. The first-order valence-electron chi connectivity index (χ1n) is 11.6. The van der Waals surface area contributed by atoms with Crippen molar-refractivity contribution in [2.45, 2.75) is 19.9 Å². The quantitative estimate of drug-likeness (QED) is 0.122. The third kappa shape index (κ3) is 6.98. The Balaban J connectivity index is 1.74. The summed E-state index contributed by atoms with van der Waals surface area (Å²) in [7, 11) is 2.69. The van der Waals surface area contributed by atoms with Gasteiger partial charge in [-0.2, -0.15) is 5.10 Å². The molecule has 0 saturated carbocycles. The van der Waals surface area contributed by atoms with E-state index >= 15 is 0 Å². The fourth-order valence-electron chi connectivity index (χ4n) is 3.76. The number of para-hydroxylation sites is 1. The number of ether oxygens (including phenoxy) is 4. The molecule has 0 spiro atoms. The number of nitrogens with one attached hydrogen (secondary N) is 3. The van der Waals surface area contributed by atoms with Crippen molar-refractivity contribution in [2.24, 2.45) is 5.10 Å². The monoisotopic (exact) mass is 557 g/mol. The molecule has 1 atom stereocenters. The number of nitro benzene ring substituents is 1. The Labute approximate surface area is 229 Å². The molecule has 1 heterocycles. The number of nitrogens with zero attached hydrogens (tertiary/aromatic N) is 2. The van der Waals surface area contributed by atoms with Gasteiger partial charge in [0, 0.05) is 29.0 Å². The maximum absolute atomic E-state index is 12.7. The van der Waals surface area contributed by atoms with Crippen molar-refractivity contribution in [3.8, 4) is 17.2 Å². The van der Waals surface area contributed by atoms with E-state index in [4.69, 9.17) is 31.2 Å². The zero-order valence-corrected chi connectivity index (χ0v) is 22.4. The number of carbonyl (C=O) groups is 2. The first-order chi connectivity index (χ1) is 18.7. The lowest BCUT2D eigenvalue weighted by Gasteiger charge is -2.30. The number of allylic oxidation sites excluding steroid dienone is 1. The highest BCUT2D eigenvalue weighted by atomic mass is 32.1. The number of amides is 1. The molecule has 3 N–H and O–H groups in total. The van der Waals surface area contributed by atoms with Gasteiger partial charge in [-0.1, -0.05) is 18.2 Å². The van der Waals surface area contributed by atoms with Crippen molar-refractivity contribution in [3.05, 3.63) is 68.9 Å². The maximum atomic E-state index is 12.7. The predicted molar refractivity (Wildman–Crippen MR) is 145 cm³/mol. The van der Waals surface area contributed by atoms with Crippen LogP contribution in [0, 0.1) is 10.1 Å². The lowest BCUT2D eigenvalue weighted by atomic mass is 9.95. The van der Waals surface area contributed by atoms with Crippen LogP contribution >= 0.6 is 12.2 Å². The highest BCUT2D eigenvalue weighted by molar-refractivity contribution is 7.80. The average Bonchev–Trinajstić information content (AvgIpc) is 2.91. The standard InChI is InChI=1S/C25H27N5O8S/c1-5-37-24(32)22-14(2)27-25(39)28-23(22)16-8-6-7-9-18(16)38-13-21(31)29-26-12-15-10-17(30(33)34)20(36-4)11-19(15)35-3/h6-12,23H,5,13H2,1-4H3,(H,29,31)(H2,27,28,39)/t23-/m1/s1. The lowest BCUT2D eigenvalue weighted by molar-refractivity contribution is -0.385. The van der Waals surface area contributed by atoms with Crippen LogP contribution < -0.4 is 30.3 Å². The third-order valence-corrected chi connectivity index (χ3v) is 5.69. The highest BCUT2D eigenvalue weighted by Crippen LogP contribution is 2.34. The van der Waals surface area contributed by atoms with E-state index in [0.29, 0.717) is 27.7 Å². The Kier molecular flexibility index (Phi) is 9.75. The zero-order valence-electron chi connectivity index (χ0n) is 21.6. The predicted octanol–water partition coefficient (Wildman–Crippen LogP) is 2.50. The van der Waals surface area contributed by atoms with Gasteiger partial charge in [0.25, 0.3) is 5.91 Å². The molecule has 1 aliphatic heterocycles. The van der Waals surface area contributed by atoms with E-state index in [0.717, 1.165) is 0 Å². The molecule has 2 aromatic rings. The van der Waals surface area contributed by atoms with Crippen LogP contribution in [0.1, 0.15) is 31.0 Å². The number of methoxy groups -OCH3 is 2. The maximum Gasteiger partial charge on any atom is 0.338 e. The molecule has 0 radical (unpaired) electrons. The second-order valence-electron chi connectivity index (χ2n) is 7.93. The van der Waals surface area contributed by atoms with Gasteiger partial charge in [-0.05, 0) is 32.1 Å².